The number of fused-ring (bicyclic) bond motifs is 1. The zero-order valence-electron chi connectivity index (χ0n) is 10.3. The molecule has 3 nitrogen and oxygen atoms in total. The van der Waals surface area contributed by atoms with Gasteiger partial charge in [0.15, 0.2) is 0 Å². The summed E-state index contributed by atoms with van der Waals surface area (Å²) in [5, 5.41) is 3.79. The largest absolute Gasteiger partial charge is 0.469 e. The molecule has 1 aromatic heterocycles. The van der Waals surface area contributed by atoms with Crippen LogP contribution < -0.4 is 11.1 Å². The summed E-state index contributed by atoms with van der Waals surface area (Å²) in [4.78, 5) is 0. The molecule has 0 amide bonds. The van der Waals surface area contributed by atoms with Crippen molar-refractivity contribution in [1.82, 2.24) is 5.32 Å². The van der Waals surface area contributed by atoms with Crippen LogP contribution in [0.1, 0.15) is 55.9 Å². The van der Waals surface area contributed by atoms with Gasteiger partial charge in [-0.25, -0.2) is 0 Å². The van der Waals surface area contributed by atoms with Gasteiger partial charge in [-0.1, -0.05) is 6.42 Å². The number of nitrogens with two attached hydrogens (primary N) is 1. The lowest BCUT2D eigenvalue weighted by Gasteiger charge is -2.32. The van der Waals surface area contributed by atoms with Gasteiger partial charge >= 0.3 is 0 Å². The molecule has 94 valence electrons. The number of aryl methyl sites for hydroxylation is 1. The molecule has 0 bridgehead atoms. The minimum atomic E-state index is 0.397. The molecule has 0 spiro atoms. The van der Waals surface area contributed by atoms with Crippen molar-refractivity contribution in [2.75, 3.05) is 0 Å². The first-order chi connectivity index (χ1) is 8.33. The van der Waals surface area contributed by atoms with Crippen LogP contribution >= 0.6 is 0 Å². The maximum atomic E-state index is 6.05. The number of furan rings is 1. The van der Waals surface area contributed by atoms with Crippen LogP contribution in [0.25, 0.3) is 0 Å². The van der Waals surface area contributed by atoms with Gasteiger partial charge in [0, 0.05) is 30.1 Å². The highest BCUT2D eigenvalue weighted by atomic mass is 16.3. The lowest BCUT2D eigenvalue weighted by molar-refractivity contribution is 0.294. The Morgan fingerprint density at radius 3 is 3.06 bits per heavy atom. The van der Waals surface area contributed by atoms with E-state index >= 15 is 0 Å². The molecule has 3 N–H and O–H groups in total. The summed E-state index contributed by atoms with van der Waals surface area (Å²) in [6.07, 6.45) is 10.3. The zero-order valence-corrected chi connectivity index (χ0v) is 10.3. The molecule has 1 aromatic rings. The van der Waals surface area contributed by atoms with Gasteiger partial charge in [0.05, 0.1) is 6.26 Å². The molecule has 0 aliphatic heterocycles. The first-order valence-electron chi connectivity index (χ1n) is 6.91. The fraction of sp³-hybridized carbons (Fsp3) is 0.714. The second-order valence-corrected chi connectivity index (χ2v) is 5.53. The van der Waals surface area contributed by atoms with Crippen molar-refractivity contribution in [1.29, 1.82) is 0 Å². The third-order valence-corrected chi connectivity index (χ3v) is 4.20. The van der Waals surface area contributed by atoms with Crippen LogP contribution in [0.3, 0.4) is 0 Å². The monoisotopic (exact) mass is 234 g/mol. The normalized spacial score (nSPS) is 33.4. The highest BCUT2D eigenvalue weighted by Crippen LogP contribution is 2.32. The first kappa shape index (κ1) is 11.3. The van der Waals surface area contributed by atoms with E-state index in [1.165, 1.54) is 43.4 Å². The Hall–Kier alpha value is -0.800. The van der Waals surface area contributed by atoms with Crippen LogP contribution in [0.4, 0.5) is 0 Å². The van der Waals surface area contributed by atoms with Gasteiger partial charge in [0.2, 0.25) is 0 Å². The number of hydrogen-bond acceptors (Lipinski definition) is 3. The van der Waals surface area contributed by atoms with E-state index in [0.29, 0.717) is 18.1 Å². The molecule has 0 saturated heterocycles. The number of rotatable bonds is 2. The van der Waals surface area contributed by atoms with Crippen LogP contribution in [-0.2, 0) is 6.42 Å². The number of hydrogen-bond donors (Lipinski definition) is 2. The average Bonchev–Trinajstić information content (AvgIpc) is 2.78. The molecule has 2 aliphatic carbocycles. The lowest BCUT2D eigenvalue weighted by Crippen LogP contribution is -2.41. The fourth-order valence-corrected chi connectivity index (χ4v) is 3.32. The molecule has 0 aromatic carbocycles. The van der Waals surface area contributed by atoms with Crippen LogP contribution in [0.5, 0.6) is 0 Å². The molecule has 0 radical (unpaired) electrons. The van der Waals surface area contributed by atoms with Gasteiger partial charge in [0.1, 0.15) is 5.76 Å². The van der Waals surface area contributed by atoms with Gasteiger partial charge in [-0.2, -0.15) is 0 Å². The molecular formula is C14H22N2O. The van der Waals surface area contributed by atoms with E-state index in [4.69, 9.17) is 10.2 Å². The summed E-state index contributed by atoms with van der Waals surface area (Å²) >= 11 is 0. The van der Waals surface area contributed by atoms with Crippen LogP contribution in [0, 0.1) is 0 Å². The minimum Gasteiger partial charge on any atom is -0.469 e. The first-order valence-corrected chi connectivity index (χ1v) is 6.91. The summed E-state index contributed by atoms with van der Waals surface area (Å²) in [5.41, 5.74) is 7.43. The molecule has 3 rings (SSSR count). The second kappa shape index (κ2) is 4.83. The molecular weight excluding hydrogens is 212 g/mol. The van der Waals surface area contributed by atoms with Gasteiger partial charge < -0.3 is 15.5 Å². The molecule has 3 heteroatoms. The molecule has 1 heterocycles. The van der Waals surface area contributed by atoms with Crippen LogP contribution in [-0.4, -0.2) is 12.1 Å². The SMILES string of the molecule is NC1CCCC(NC2CCCc3occc32)C1. The molecule has 3 unspecified atom stereocenters. The van der Waals surface area contributed by atoms with Crippen molar-refractivity contribution in [3.05, 3.63) is 23.7 Å². The maximum absolute atomic E-state index is 6.05. The smallest absolute Gasteiger partial charge is 0.108 e. The van der Waals surface area contributed by atoms with Crippen LogP contribution in [0.15, 0.2) is 16.7 Å². The molecule has 1 fully saturated rings. The summed E-state index contributed by atoms with van der Waals surface area (Å²) in [6.45, 7) is 0. The highest BCUT2D eigenvalue weighted by Gasteiger charge is 2.26. The van der Waals surface area contributed by atoms with Crippen molar-refractivity contribution >= 4 is 0 Å². The van der Waals surface area contributed by atoms with Crippen molar-refractivity contribution in [3.8, 4) is 0 Å². The Balaban J connectivity index is 1.66. The topological polar surface area (TPSA) is 51.2 Å². The van der Waals surface area contributed by atoms with Crippen molar-refractivity contribution in [2.24, 2.45) is 5.73 Å². The van der Waals surface area contributed by atoms with E-state index in [9.17, 15) is 0 Å². The summed E-state index contributed by atoms with van der Waals surface area (Å²) in [7, 11) is 0. The third kappa shape index (κ3) is 2.40. The van der Waals surface area contributed by atoms with Crippen molar-refractivity contribution in [2.45, 2.75) is 63.1 Å². The average molecular weight is 234 g/mol. The van der Waals surface area contributed by atoms with E-state index in [-0.39, 0.29) is 0 Å². The fourth-order valence-electron chi connectivity index (χ4n) is 3.32. The van der Waals surface area contributed by atoms with Crippen LogP contribution in [0.2, 0.25) is 0 Å². The Labute approximate surface area is 103 Å². The maximum Gasteiger partial charge on any atom is 0.108 e. The van der Waals surface area contributed by atoms with E-state index < -0.39 is 0 Å². The third-order valence-electron chi connectivity index (χ3n) is 4.20. The molecule has 2 aliphatic rings. The Morgan fingerprint density at radius 2 is 2.18 bits per heavy atom. The number of nitrogens with one attached hydrogen (secondary N) is 1. The Morgan fingerprint density at radius 1 is 1.24 bits per heavy atom. The van der Waals surface area contributed by atoms with Crippen molar-refractivity contribution < 1.29 is 4.42 Å². The van der Waals surface area contributed by atoms with Crippen molar-refractivity contribution in [3.63, 3.8) is 0 Å². The van der Waals surface area contributed by atoms with Gasteiger partial charge in [-0.05, 0) is 38.2 Å². The quantitative estimate of drug-likeness (QED) is 0.826. The van der Waals surface area contributed by atoms with E-state index in [1.807, 2.05) is 6.26 Å². The highest BCUT2D eigenvalue weighted by molar-refractivity contribution is 5.24. The molecule has 1 saturated carbocycles. The van der Waals surface area contributed by atoms with E-state index in [2.05, 4.69) is 11.4 Å². The molecule has 3 atom stereocenters. The van der Waals surface area contributed by atoms with E-state index in [0.717, 1.165) is 12.8 Å². The minimum absolute atomic E-state index is 0.397. The van der Waals surface area contributed by atoms with Gasteiger partial charge in [0.25, 0.3) is 0 Å². The Bertz CT molecular complexity index is 374. The van der Waals surface area contributed by atoms with Gasteiger partial charge in [-0.3, -0.25) is 0 Å². The van der Waals surface area contributed by atoms with Gasteiger partial charge in [-0.15, -0.1) is 0 Å². The predicted molar refractivity (Wildman–Crippen MR) is 67.8 cm³/mol. The Kier molecular flexibility index (Phi) is 3.21. The second-order valence-electron chi connectivity index (χ2n) is 5.53. The van der Waals surface area contributed by atoms with E-state index in [1.54, 1.807) is 0 Å². The zero-order chi connectivity index (χ0) is 11.7. The summed E-state index contributed by atoms with van der Waals surface area (Å²) < 4.78 is 5.53. The lowest BCUT2D eigenvalue weighted by atomic mass is 9.88. The standard InChI is InChI=1S/C14H22N2O/c15-10-3-1-4-11(9-10)16-13-5-2-6-14-12(13)7-8-17-14/h7-8,10-11,13,16H,1-6,9,15H2. The predicted octanol–water partition coefficient (Wildman–Crippen LogP) is 2.52. The molecule has 17 heavy (non-hydrogen) atoms. The summed E-state index contributed by atoms with van der Waals surface area (Å²) in [5.74, 6) is 1.19. The summed E-state index contributed by atoms with van der Waals surface area (Å²) in [6, 6.07) is 3.63.